The number of carboxylic acids is 1. The maximum Gasteiger partial charge on any atom is 0.335 e. The number of carbonyl (C=O) groups is 2. The summed E-state index contributed by atoms with van der Waals surface area (Å²) in [5.74, 6) is -2.52. The summed E-state index contributed by atoms with van der Waals surface area (Å²) in [7, 11) is 3.19. The van der Waals surface area contributed by atoms with Crippen molar-refractivity contribution in [2.24, 2.45) is 7.05 Å². The van der Waals surface area contributed by atoms with E-state index in [1.54, 1.807) is 25.2 Å². The number of amides is 1. The lowest BCUT2D eigenvalue weighted by Crippen LogP contribution is -2.42. The number of rotatable bonds is 9. The third-order valence-electron chi connectivity index (χ3n) is 6.51. The highest BCUT2D eigenvalue weighted by Gasteiger charge is 2.24. The van der Waals surface area contributed by atoms with E-state index in [-0.39, 0.29) is 38.6 Å². The molecule has 4 aromatic rings. The molecule has 0 radical (unpaired) electrons. The van der Waals surface area contributed by atoms with Crippen LogP contribution in [0.4, 0.5) is 4.39 Å². The van der Waals surface area contributed by atoms with Crippen molar-refractivity contribution in [3.8, 4) is 5.69 Å². The highest BCUT2D eigenvalue weighted by molar-refractivity contribution is 6.39. The standard InChI is InChI=1S/C28H25Cl2FN4O5/c1-32-11-10-16-13-18-23(14-21(16)31)34(2)28(40)35(26(18)37)17-8-6-15(7-9-17)12-22(27(38)39)33-25(36)24-19(29)4-3-5-20(24)30/h3-9,13-14,22,32H,10-12H2,1-2H3,(H,33,36)(H,38,39). The first kappa shape index (κ1) is 29.0. The first-order valence-corrected chi connectivity index (χ1v) is 12.9. The van der Waals surface area contributed by atoms with E-state index >= 15 is 0 Å². The number of aliphatic carboxylic acids is 1. The van der Waals surface area contributed by atoms with E-state index < -0.39 is 35.0 Å². The van der Waals surface area contributed by atoms with Gasteiger partial charge >= 0.3 is 11.7 Å². The first-order chi connectivity index (χ1) is 19.0. The number of nitrogens with one attached hydrogen (secondary N) is 2. The topological polar surface area (TPSA) is 122 Å². The molecule has 1 atom stereocenters. The molecule has 12 heteroatoms. The van der Waals surface area contributed by atoms with Gasteiger partial charge in [0.05, 0.1) is 32.2 Å². The molecule has 1 aromatic heterocycles. The third kappa shape index (κ3) is 5.79. The van der Waals surface area contributed by atoms with Crippen LogP contribution in [0.3, 0.4) is 0 Å². The fourth-order valence-corrected chi connectivity index (χ4v) is 4.93. The van der Waals surface area contributed by atoms with Gasteiger partial charge in [-0.05, 0) is 67.5 Å². The van der Waals surface area contributed by atoms with Crippen LogP contribution in [-0.4, -0.2) is 45.8 Å². The molecule has 3 N–H and O–H groups in total. The summed E-state index contributed by atoms with van der Waals surface area (Å²) in [6.45, 7) is 0.507. The number of aryl methyl sites for hydroxylation is 1. The normalized spacial score (nSPS) is 11.9. The lowest BCUT2D eigenvalue weighted by Gasteiger charge is -2.16. The van der Waals surface area contributed by atoms with Crippen molar-refractivity contribution in [2.75, 3.05) is 13.6 Å². The molecule has 0 aliphatic carbocycles. The molecule has 208 valence electrons. The summed E-state index contributed by atoms with van der Waals surface area (Å²) in [6, 6.07) is 11.9. The Morgan fingerprint density at radius 2 is 1.70 bits per heavy atom. The third-order valence-corrected chi connectivity index (χ3v) is 7.14. The molecule has 0 bridgehead atoms. The van der Waals surface area contributed by atoms with Crippen molar-refractivity contribution in [3.05, 3.63) is 108 Å². The molecular weight excluding hydrogens is 562 g/mol. The minimum atomic E-state index is -1.31. The summed E-state index contributed by atoms with van der Waals surface area (Å²) in [4.78, 5) is 51.0. The Morgan fingerprint density at radius 3 is 2.30 bits per heavy atom. The van der Waals surface area contributed by atoms with E-state index in [1.165, 1.54) is 48.0 Å². The zero-order chi connectivity index (χ0) is 29.1. The van der Waals surface area contributed by atoms with Crippen molar-refractivity contribution >= 4 is 46.0 Å². The number of aromatic nitrogens is 2. The van der Waals surface area contributed by atoms with Crippen LogP contribution in [0.25, 0.3) is 16.6 Å². The second kappa shape index (κ2) is 12.0. The molecule has 1 unspecified atom stereocenters. The van der Waals surface area contributed by atoms with Crippen LogP contribution in [0.15, 0.2) is 64.2 Å². The quantitative estimate of drug-likeness (QED) is 0.276. The highest BCUT2D eigenvalue weighted by atomic mass is 35.5. The Kier molecular flexibility index (Phi) is 8.73. The molecule has 40 heavy (non-hydrogen) atoms. The number of halogens is 3. The Bertz CT molecular complexity index is 1710. The average Bonchev–Trinajstić information content (AvgIpc) is 2.91. The minimum Gasteiger partial charge on any atom is -0.480 e. The second-order valence-corrected chi connectivity index (χ2v) is 9.94. The van der Waals surface area contributed by atoms with Gasteiger partial charge in [0.2, 0.25) is 0 Å². The smallest absolute Gasteiger partial charge is 0.335 e. The van der Waals surface area contributed by atoms with Gasteiger partial charge in [-0.2, -0.15) is 0 Å². The molecule has 0 spiro atoms. The van der Waals surface area contributed by atoms with E-state index in [2.05, 4.69) is 10.6 Å². The fourth-order valence-electron chi connectivity index (χ4n) is 4.36. The molecule has 1 heterocycles. The molecular formula is C28H25Cl2FN4O5. The molecule has 3 aromatic carbocycles. The minimum absolute atomic E-state index is 0.0343. The van der Waals surface area contributed by atoms with E-state index in [0.29, 0.717) is 24.1 Å². The largest absolute Gasteiger partial charge is 0.480 e. The van der Waals surface area contributed by atoms with Crippen LogP contribution in [0.2, 0.25) is 10.0 Å². The van der Waals surface area contributed by atoms with Crippen LogP contribution in [-0.2, 0) is 24.7 Å². The molecule has 0 fully saturated rings. The van der Waals surface area contributed by atoms with Crippen molar-refractivity contribution in [3.63, 3.8) is 0 Å². The molecule has 0 aliphatic heterocycles. The lowest BCUT2D eigenvalue weighted by atomic mass is 10.0. The SMILES string of the molecule is CNCCc1cc2c(=O)n(-c3ccc(CC(NC(=O)c4c(Cl)cccc4Cl)C(=O)O)cc3)c(=O)n(C)c2cc1F. The summed E-state index contributed by atoms with van der Waals surface area (Å²) in [5.41, 5.74) is -0.0248. The number of benzene rings is 3. The van der Waals surface area contributed by atoms with Gasteiger partial charge < -0.3 is 15.7 Å². The zero-order valence-corrected chi connectivity index (χ0v) is 23.0. The van der Waals surface area contributed by atoms with Crippen LogP contribution >= 0.6 is 23.2 Å². The maximum absolute atomic E-state index is 14.6. The van der Waals surface area contributed by atoms with E-state index in [1.807, 2.05) is 0 Å². The predicted molar refractivity (Wildman–Crippen MR) is 151 cm³/mol. The van der Waals surface area contributed by atoms with Crippen molar-refractivity contribution in [1.29, 1.82) is 0 Å². The molecule has 9 nitrogen and oxygen atoms in total. The molecule has 0 saturated carbocycles. The number of hydrogen-bond acceptors (Lipinski definition) is 5. The average molecular weight is 587 g/mol. The van der Waals surface area contributed by atoms with E-state index in [9.17, 15) is 28.7 Å². The van der Waals surface area contributed by atoms with Gasteiger partial charge in [0.25, 0.3) is 11.5 Å². The van der Waals surface area contributed by atoms with Gasteiger partial charge in [-0.25, -0.2) is 18.5 Å². The van der Waals surface area contributed by atoms with Crippen molar-refractivity contribution in [2.45, 2.75) is 18.9 Å². The number of nitrogens with zero attached hydrogens (tertiary/aromatic N) is 2. The molecule has 4 rings (SSSR count). The lowest BCUT2D eigenvalue weighted by molar-refractivity contribution is -0.139. The van der Waals surface area contributed by atoms with Gasteiger partial charge in [0.15, 0.2) is 0 Å². The van der Waals surface area contributed by atoms with Gasteiger partial charge in [-0.15, -0.1) is 0 Å². The monoisotopic (exact) mass is 586 g/mol. The number of likely N-dealkylation sites (N-methyl/N-ethyl adjacent to an activating group) is 1. The Balaban J connectivity index is 1.65. The second-order valence-electron chi connectivity index (χ2n) is 9.13. The molecule has 0 saturated heterocycles. The summed E-state index contributed by atoms with van der Waals surface area (Å²) in [5, 5.41) is 15.4. The van der Waals surface area contributed by atoms with E-state index in [0.717, 1.165) is 4.57 Å². The van der Waals surface area contributed by atoms with Crippen LogP contribution in [0.1, 0.15) is 21.5 Å². The maximum atomic E-state index is 14.6. The van der Waals surface area contributed by atoms with Gasteiger partial charge in [0.1, 0.15) is 11.9 Å². The van der Waals surface area contributed by atoms with Crippen LogP contribution in [0, 0.1) is 5.82 Å². The predicted octanol–water partition coefficient (Wildman–Crippen LogP) is 3.32. The Hall–Kier alpha value is -3.99. The van der Waals surface area contributed by atoms with E-state index in [4.69, 9.17) is 23.2 Å². The molecule has 1 amide bonds. The number of carboxylic acid groups (broad SMARTS) is 1. The van der Waals surface area contributed by atoms with Gasteiger partial charge in [-0.1, -0.05) is 41.4 Å². The van der Waals surface area contributed by atoms with Gasteiger partial charge in [-0.3, -0.25) is 14.2 Å². The van der Waals surface area contributed by atoms with Crippen LogP contribution < -0.4 is 21.9 Å². The molecule has 0 aliphatic rings. The number of hydrogen-bond donors (Lipinski definition) is 3. The first-order valence-electron chi connectivity index (χ1n) is 12.2. The summed E-state index contributed by atoms with van der Waals surface area (Å²) < 4.78 is 16.8. The summed E-state index contributed by atoms with van der Waals surface area (Å²) >= 11 is 12.1. The number of carbonyl (C=O) groups excluding carboxylic acids is 1. The summed E-state index contributed by atoms with van der Waals surface area (Å²) in [6.07, 6.45) is 0.265. The van der Waals surface area contributed by atoms with Crippen molar-refractivity contribution in [1.82, 2.24) is 19.8 Å². The van der Waals surface area contributed by atoms with Crippen molar-refractivity contribution < 1.29 is 19.1 Å². The number of fused-ring (bicyclic) bond motifs is 1. The fraction of sp³-hybridized carbons (Fsp3) is 0.214. The van der Waals surface area contributed by atoms with Gasteiger partial charge in [0, 0.05) is 13.5 Å². The highest BCUT2D eigenvalue weighted by Crippen LogP contribution is 2.24. The zero-order valence-electron chi connectivity index (χ0n) is 21.5. The Labute approximate surface area is 237 Å². The van der Waals surface area contributed by atoms with Crippen LogP contribution in [0.5, 0.6) is 0 Å². The Morgan fingerprint density at radius 1 is 1.05 bits per heavy atom.